The summed E-state index contributed by atoms with van der Waals surface area (Å²) in [5.41, 5.74) is 0. The van der Waals surface area contributed by atoms with Crippen LogP contribution in [0.15, 0.2) is 36.5 Å². The number of rotatable bonds is 64. The number of amides is 1. The fourth-order valence-corrected chi connectivity index (χ4v) is 10.7. The van der Waals surface area contributed by atoms with Gasteiger partial charge in [0, 0.05) is 12.8 Å². The Hall–Kier alpha value is -1.92. The second-order valence-electron chi connectivity index (χ2n) is 23.5. The summed E-state index contributed by atoms with van der Waals surface area (Å²) in [7, 11) is 0. The molecule has 0 saturated carbocycles. The van der Waals surface area contributed by atoms with Crippen molar-refractivity contribution < 1.29 is 24.5 Å². The Balaban J connectivity index is 3.40. The van der Waals surface area contributed by atoms with Crippen molar-refractivity contribution in [1.29, 1.82) is 0 Å². The molecule has 0 fully saturated rings. The molecular formula is C70H133NO5. The molecule has 0 radical (unpaired) electrons. The summed E-state index contributed by atoms with van der Waals surface area (Å²) >= 11 is 0. The van der Waals surface area contributed by atoms with Gasteiger partial charge in [-0.05, 0) is 83.5 Å². The number of carbonyl (C=O) groups excluding carboxylic acids is 2. The van der Waals surface area contributed by atoms with Crippen LogP contribution < -0.4 is 5.32 Å². The molecule has 76 heavy (non-hydrogen) atoms. The van der Waals surface area contributed by atoms with Crippen LogP contribution in [0.4, 0.5) is 0 Å². The van der Waals surface area contributed by atoms with E-state index < -0.39 is 12.1 Å². The normalized spacial score (nSPS) is 12.7. The number of hydrogen-bond acceptors (Lipinski definition) is 5. The van der Waals surface area contributed by atoms with Gasteiger partial charge in [0.1, 0.15) is 0 Å². The monoisotopic (exact) mass is 1070 g/mol. The van der Waals surface area contributed by atoms with Crippen molar-refractivity contribution in [1.82, 2.24) is 5.32 Å². The average molecular weight is 1070 g/mol. The SMILES string of the molecule is CCCCC/C=C\C/C=C\CCCCCCCCCCCC(=O)OCCCCCCCCCCCCCC/C=C\CCCCCCCCCC(=O)NC(CO)C(O)CCCCCCCCCCCCCCCCCCC. The second-order valence-corrected chi connectivity index (χ2v) is 23.5. The van der Waals surface area contributed by atoms with Gasteiger partial charge in [-0.15, -0.1) is 0 Å². The zero-order chi connectivity index (χ0) is 55.0. The van der Waals surface area contributed by atoms with Crippen molar-refractivity contribution >= 4 is 11.9 Å². The lowest BCUT2D eigenvalue weighted by molar-refractivity contribution is -0.143. The van der Waals surface area contributed by atoms with E-state index in [4.69, 9.17) is 4.74 Å². The van der Waals surface area contributed by atoms with Crippen molar-refractivity contribution in [2.24, 2.45) is 0 Å². The summed E-state index contributed by atoms with van der Waals surface area (Å²) in [6, 6.07) is -0.547. The second kappa shape index (κ2) is 65.6. The smallest absolute Gasteiger partial charge is 0.305 e. The Morgan fingerprint density at radius 1 is 0.368 bits per heavy atom. The third kappa shape index (κ3) is 61.3. The van der Waals surface area contributed by atoms with Gasteiger partial charge < -0.3 is 20.3 Å². The van der Waals surface area contributed by atoms with Gasteiger partial charge in [0.25, 0.3) is 0 Å². The first-order valence-corrected chi connectivity index (χ1v) is 34.2. The number of carbonyl (C=O) groups is 2. The quantitative estimate of drug-likeness (QED) is 0.0320. The highest BCUT2D eigenvalue weighted by Gasteiger charge is 2.20. The Bertz CT molecular complexity index is 1230. The van der Waals surface area contributed by atoms with Crippen LogP contribution in [0.3, 0.4) is 0 Å². The van der Waals surface area contributed by atoms with E-state index in [2.05, 4.69) is 55.6 Å². The molecule has 6 heteroatoms. The van der Waals surface area contributed by atoms with Crippen LogP contribution in [-0.2, 0) is 14.3 Å². The van der Waals surface area contributed by atoms with Gasteiger partial charge in [-0.25, -0.2) is 0 Å². The van der Waals surface area contributed by atoms with E-state index in [1.807, 2.05) is 0 Å². The molecule has 0 aliphatic heterocycles. The highest BCUT2D eigenvalue weighted by Crippen LogP contribution is 2.18. The average Bonchev–Trinajstić information content (AvgIpc) is 3.42. The molecule has 3 N–H and O–H groups in total. The minimum absolute atomic E-state index is 0.00823. The summed E-state index contributed by atoms with van der Waals surface area (Å²) in [5.74, 6) is -0.0304. The van der Waals surface area contributed by atoms with Crippen molar-refractivity contribution in [3.63, 3.8) is 0 Å². The van der Waals surface area contributed by atoms with E-state index in [0.717, 1.165) is 51.4 Å². The Morgan fingerprint density at radius 2 is 0.658 bits per heavy atom. The zero-order valence-electron chi connectivity index (χ0n) is 51.3. The summed E-state index contributed by atoms with van der Waals surface area (Å²) < 4.78 is 5.50. The van der Waals surface area contributed by atoms with Gasteiger partial charge in [-0.3, -0.25) is 9.59 Å². The Kier molecular flexibility index (Phi) is 63.9. The largest absolute Gasteiger partial charge is 0.466 e. The van der Waals surface area contributed by atoms with Gasteiger partial charge in [0.05, 0.1) is 25.4 Å². The molecular weight excluding hydrogens is 935 g/mol. The highest BCUT2D eigenvalue weighted by molar-refractivity contribution is 5.76. The topological polar surface area (TPSA) is 95.9 Å². The van der Waals surface area contributed by atoms with Crippen LogP contribution in [0.1, 0.15) is 373 Å². The first-order chi connectivity index (χ1) is 37.5. The molecule has 0 aromatic heterocycles. The minimum Gasteiger partial charge on any atom is -0.466 e. The minimum atomic E-state index is -0.669. The number of unbranched alkanes of at least 4 members (excludes halogenated alkanes) is 47. The number of allylic oxidation sites excluding steroid dienone is 6. The van der Waals surface area contributed by atoms with Crippen LogP contribution in [-0.4, -0.2) is 47.4 Å². The standard InChI is InChI=1S/C70H133NO5/c1-3-5-7-9-11-13-15-17-19-21-27-32-36-40-44-48-52-56-60-64-70(75)76-65-61-57-53-49-45-41-37-33-29-26-24-22-23-25-28-31-35-39-43-47-51-55-59-63-69(74)71-67(66-72)68(73)62-58-54-50-46-42-38-34-30-20-18-16-14-12-10-8-6-4-2/h11,13,17,19,25,28,67-68,72-73H,3-10,12,14-16,18,20-24,26-27,29-66H2,1-2H3,(H,71,74)/b13-11-,19-17-,28-25-. The zero-order valence-corrected chi connectivity index (χ0v) is 51.3. The molecule has 0 heterocycles. The number of hydrogen-bond donors (Lipinski definition) is 3. The molecule has 0 saturated heterocycles. The van der Waals surface area contributed by atoms with Crippen molar-refractivity contribution in [3.05, 3.63) is 36.5 Å². The van der Waals surface area contributed by atoms with Crippen molar-refractivity contribution in [2.75, 3.05) is 13.2 Å². The maximum Gasteiger partial charge on any atom is 0.305 e. The Morgan fingerprint density at radius 3 is 1.04 bits per heavy atom. The summed E-state index contributed by atoms with van der Waals surface area (Å²) in [4.78, 5) is 24.6. The lowest BCUT2D eigenvalue weighted by atomic mass is 10.0. The number of nitrogens with one attached hydrogen (secondary N) is 1. The molecule has 0 bridgehead atoms. The first kappa shape index (κ1) is 74.1. The molecule has 2 atom stereocenters. The fraction of sp³-hybridized carbons (Fsp3) is 0.886. The predicted molar refractivity (Wildman–Crippen MR) is 333 cm³/mol. The van der Waals surface area contributed by atoms with E-state index >= 15 is 0 Å². The van der Waals surface area contributed by atoms with Crippen LogP contribution in [0.5, 0.6) is 0 Å². The maximum atomic E-state index is 12.5. The van der Waals surface area contributed by atoms with Crippen molar-refractivity contribution in [2.45, 2.75) is 386 Å². The van der Waals surface area contributed by atoms with E-state index in [1.54, 1.807) is 0 Å². The summed E-state index contributed by atoms with van der Waals surface area (Å²) in [6.07, 6.45) is 83.2. The highest BCUT2D eigenvalue weighted by atomic mass is 16.5. The fourth-order valence-electron chi connectivity index (χ4n) is 10.7. The van der Waals surface area contributed by atoms with Gasteiger partial charge in [0.2, 0.25) is 5.91 Å². The van der Waals surface area contributed by atoms with Gasteiger partial charge in [-0.2, -0.15) is 0 Å². The van der Waals surface area contributed by atoms with Crippen molar-refractivity contribution in [3.8, 4) is 0 Å². The lowest BCUT2D eigenvalue weighted by Crippen LogP contribution is -2.45. The third-order valence-corrected chi connectivity index (χ3v) is 15.9. The molecule has 6 nitrogen and oxygen atoms in total. The third-order valence-electron chi connectivity index (χ3n) is 15.9. The number of aliphatic hydroxyl groups excluding tert-OH is 2. The van der Waals surface area contributed by atoms with E-state index in [0.29, 0.717) is 25.9 Å². The maximum absolute atomic E-state index is 12.5. The van der Waals surface area contributed by atoms with Crippen LogP contribution in [0.2, 0.25) is 0 Å². The lowest BCUT2D eigenvalue weighted by Gasteiger charge is -2.22. The molecule has 2 unspecified atom stereocenters. The molecule has 0 rings (SSSR count). The molecule has 1 amide bonds. The molecule has 448 valence electrons. The number of aliphatic hydroxyl groups is 2. The summed E-state index contributed by atoms with van der Waals surface area (Å²) in [6.45, 7) is 4.95. The number of ether oxygens (including phenoxy) is 1. The van der Waals surface area contributed by atoms with Gasteiger partial charge >= 0.3 is 5.97 Å². The first-order valence-electron chi connectivity index (χ1n) is 34.2. The van der Waals surface area contributed by atoms with Crippen LogP contribution >= 0.6 is 0 Å². The molecule has 0 spiro atoms. The molecule has 0 aliphatic carbocycles. The van der Waals surface area contributed by atoms with Crippen LogP contribution in [0, 0.1) is 0 Å². The van der Waals surface area contributed by atoms with Gasteiger partial charge in [0.15, 0.2) is 0 Å². The predicted octanol–water partition coefficient (Wildman–Crippen LogP) is 21.9. The Labute approximate surface area is 474 Å². The summed E-state index contributed by atoms with van der Waals surface area (Å²) in [5, 5.41) is 23.3. The van der Waals surface area contributed by atoms with E-state index in [-0.39, 0.29) is 18.5 Å². The van der Waals surface area contributed by atoms with E-state index in [9.17, 15) is 19.8 Å². The van der Waals surface area contributed by atoms with Crippen LogP contribution in [0.25, 0.3) is 0 Å². The molecule has 0 aromatic carbocycles. The number of esters is 1. The van der Waals surface area contributed by atoms with E-state index in [1.165, 1.54) is 289 Å². The molecule has 0 aliphatic rings. The van der Waals surface area contributed by atoms with Gasteiger partial charge in [-0.1, -0.05) is 314 Å². The molecule has 0 aromatic rings.